The third-order valence-electron chi connectivity index (χ3n) is 2.32. The number of thioether (sulfide) groups is 1. The summed E-state index contributed by atoms with van der Waals surface area (Å²) in [4.78, 5) is 1.32. The van der Waals surface area contributed by atoms with Gasteiger partial charge in [-0.25, -0.2) is 0 Å². The van der Waals surface area contributed by atoms with E-state index in [1.165, 1.54) is 4.90 Å². The molecular weight excluding hydrogens is 204 g/mol. The fourth-order valence-electron chi connectivity index (χ4n) is 1.50. The quantitative estimate of drug-likeness (QED) is 0.562. The van der Waals surface area contributed by atoms with Crippen molar-refractivity contribution >= 4 is 11.8 Å². The summed E-state index contributed by atoms with van der Waals surface area (Å²) in [6.07, 6.45) is 3.96. The van der Waals surface area contributed by atoms with E-state index in [9.17, 15) is 5.11 Å². The van der Waals surface area contributed by atoms with Gasteiger partial charge in [0.25, 0.3) is 0 Å². The normalized spacial score (nSPS) is 12.7. The summed E-state index contributed by atoms with van der Waals surface area (Å²) in [5.41, 5.74) is 0. The number of hydrogen-bond acceptors (Lipinski definition) is 2. The average molecular weight is 224 g/mol. The minimum absolute atomic E-state index is 0.0913. The van der Waals surface area contributed by atoms with Gasteiger partial charge in [0.15, 0.2) is 0 Å². The molecule has 2 heteroatoms. The summed E-state index contributed by atoms with van der Waals surface area (Å²) in [6.45, 7) is 2.11. The second-order valence-corrected chi connectivity index (χ2v) is 4.91. The summed E-state index contributed by atoms with van der Waals surface area (Å²) >= 11 is 1.87. The largest absolute Gasteiger partial charge is 0.393 e. The van der Waals surface area contributed by atoms with Crippen molar-refractivity contribution in [1.82, 2.24) is 0 Å². The maximum atomic E-state index is 9.54. The SMILES string of the molecule is CCCC(O)CCCSc1ccccc1. The highest BCUT2D eigenvalue weighted by Gasteiger charge is 2.01. The Hall–Kier alpha value is -0.470. The molecule has 0 aliphatic carbocycles. The Balaban J connectivity index is 2.07. The predicted molar refractivity (Wildman–Crippen MR) is 67.3 cm³/mol. The van der Waals surface area contributed by atoms with Gasteiger partial charge < -0.3 is 5.11 Å². The van der Waals surface area contributed by atoms with Crippen LogP contribution in [0.2, 0.25) is 0 Å². The molecule has 1 atom stereocenters. The van der Waals surface area contributed by atoms with Crippen LogP contribution in [0.5, 0.6) is 0 Å². The summed E-state index contributed by atoms with van der Waals surface area (Å²) in [7, 11) is 0. The average Bonchev–Trinajstić information content (AvgIpc) is 2.26. The summed E-state index contributed by atoms with van der Waals surface area (Å²) in [6, 6.07) is 10.4. The Morgan fingerprint density at radius 2 is 1.93 bits per heavy atom. The summed E-state index contributed by atoms with van der Waals surface area (Å²) in [5.74, 6) is 1.10. The molecule has 0 fully saturated rings. The standard InChI is InChI=1S/C13H20OS/c1-2-7-12(14)8-6-11-15-13-9-4-3-5-10-13/h3-5,9-10,12,14H,2,6-8,11H2,1H3. The molecule has 15 heavy (non-hydrogen) atoms. The van der Waals surface area contributed by atoms with E-state index < -0.39 is 0 Å². The molecule has 0 radical (unpaired) electrons. The van der Waals surface area contributed by atoms with Gasteiger partial charge in [0.1, 0.15) is 0 Å². The van der Waals surface area contributed by atoms with Gasteiger partial charge in [-0.1, -0.05) is 31.5 Å². The van der Waals surface area contributed by atoms with Crippen LogP contribution in [0.15, 0.2) is 35.2 Å². The van der Waals surface area contributed by atoms with Crippen molar-refractivity contribution in [2.75, 3.05) is 5.75 Å². The van der Waals surface area contributed by atoms with E-state index in [1.54, 1.807) is 0 Å². The highest BCUT2D eigenvalue weighted by atomic mass is 32.2. The van der Waals surface area contributed by atoms with Crippen LogP contribution in [0.25, 0.3) is 0 Å². The molecule has 0 saturated carbocycles. The molecule has 0 aliphatic rings. The van der Waals surface area contributed by atoms with Crippen LogP contribution >= 0.6 is 11.8 Å². The lowest BCUT2D eigenvalue weighted by atomic mass is 10.1. The van der Waals surface area contributed by atoms with E-state index in [4.69, 9.17) is 0 Å². The van der Waals surface area contributed by atoms with Crippen molar-refractivity contribution in [3.63, 3.8) is 0 Å². The molecule has 0 aromatic heterocycles. The van der Waals surface area contributed by atoms with Gasteiger partial charge in [-0.05, 0) is 37.1 Å². The van der Waals surface area contributed by atoms with Crippen LogP contribution in [-0.4, -0.2) is 17.0 Å². The number of hydrogen-bond donors (Lipinski definition) is 1. The lowest BCUT2D eigenvalue weighted by molar-refractivity contribution is 0.153. The summed E-state index contributed by atoms with van der Waals surface area (Å²) < 4.78 is 0. The molecular formula is C13H20OS. The van der Waals surface area contributed by atoms with Crippen molar-refractivity contribution < 1.29 is 5.11 Å². The Labute approximate surface area is 96.9 Å². The van der Waals surface area contributed by atoms with Crippen LogP contribution in [0.1, 0.15) is 32.6 Å². The first-order valence-corrected chi connectivity index (χ1v) is 6.67. The molecule has 1 aromatic rings. The lowest BCUT2D eigenvalue weighted by Gasteiger charge is -2.08. The topological polar surface area (TPSA) is 20.2 Å². The molecule has 0 amide bonds. The van der Waals surface area contributed by atoms with Crippen LogP contribution in [-0.2, 0) is 0 Å². The molecule has 1 rings (SSSR count). The van der Waals surface area contributed by atoms with E-state index in [1.807, 2.05) is 17.8 Å². The van der Waals surface area contributed by atoms with E-state index >= 15 is 0 Å². The Morgan fingerprint density at radius 3 is 2.60 bits per heavy atom. The maximum absolute atomic E-state index is 9.54. The van der Waals surface area contributed by atoms with Gasteiger partial charge >= 0.3 is 0 Å². The van der Waals surface area contributed by atoms with Crippen LogP contribution in [0, 0.1) is 0 Å². The van der Waals surface area contributed by atoms with E-state index in [0.29, 0.717) is 0 Å². The minimum atomic E-state index is -0.0913. The third kappa shape index (κ3) is 5.85. The molecule has 0 bridgehead atoms. The molecule has 0 heterocycles. The number of aliphatic hydroxyl groups is 1. The zero-order valence-corrected chi connectivity index (χ0v) is 10.2. The Bertz CT molecular complexity index is 248. The zero-order chi connectivity index (χ0) is 10.9. The maximum Gasteiger partial charge on any atom is 0.0540 e. The zero-order valence-electron chi connectivity index (χ0n) is 9.36. The van der Waals surface area contributed by atoms with Gasteiger partial charge in [0.2, 0.25) is 0 Å². The van der Waals surface area contributed by atoms with E-state index in [0.717, 1.165) is 31.4 Å². The van der Waals surface area contributed by atoms with Crippen LogP contribution in [0.4, 0.5) is 0 Å². The fourth-order valence-corrected chi connectivity index (χ4v) is 2.40. The van der Waals surface area contributed by atoms with Crippen LogP contribution in [0.3, 0.4) is 0 Å². The molecule has 1 N–H and O–H groups in total. The van der Waals surface area contributed by atoms with E-state index in [-0.39, 0.29) is 6.10 Å². The number of aliphatic hydroxyl groups excluding tert-OH is 1. The van der Waals surface area contributed by atoms with E-state index in [2.05, 4.69) is 31.2 Å². The van der Waals surface area contributed by atoms with Gasteiger partial charge in [0, 0.05) is 4.90 Å². The monoisotopic (exact) mass is 224 g/mol. The molecule has 0 spiro atoms. The fraction of sp³-hybridized carbons (Fsp3) is 0.538. The molecule has 0 aliphatic heterocycles. The second kappa shape index (κ2) is 7.77. The highest BCUT2D eigenvalue weighted by molar-refractivity contribution is 7.99. The van der Waals surface area contributed by atoms with Crippen molar-refractivity contribution in [3.8, 4) is 0 Å². The second-order valence-electron chi connectivity index (χ2n) is 3.75. The molecule has 84 valence electrons. The van der Waals surface area contributed by atoms with Gasteiger partial charge in [-0.15, -0.1) is 11.8 Å². The molecule has 1 unspecified atom stereocenters. The third-order valence-corrected chi connectivity index (χ3v) is 3.41. The highest BCUT2D eigenvalue weighted by Crippen LogP contribution is 2.19. The van der Waals surface area contributed by atoms with Gasteiger partial charge in [0.05, 0.1) is 6.10 Å². The predicted octanol–water partition coefficient (Wildman–Crippen LogP) is 3.72. The number of rotatable bonds is 7. The Kier molecular flexibility index (Phi) is 6.53. The van der Waals surface area contributed by atoms with Gasteiger partial charge in [-0.2, -0.15) is 0 Å². The molecule has 1 aromatic carbocycles. The van der Waals surface area contributed by atoms with Crippen molar-refractivity contribution in [2.45, 2.75) is 43.6 Å². The molecule has 1 nitrogen and oxygen atoms in total. The summed E-state index contributed by atoms with van der Waals surface area (Å²) in [5, 5.41) is 9.54. The van der Waals surface area contributed by atoms with Crippen LogP contribution < -0.4 is 0 Å². The van der Waals surface area contributed by atoms with Crippen molar-refractivity contribution in [3.05, 3.63) is 30.3 Å². The minimum Gasteiger partial charge on any atom is -0.393 e. The Morgan fingerprint density at radius 1 is 1.20 bits per heavy atom. The van der Waals surface area contributed by atoms with Gasteiger partial charge in [-0.3, -0.25) is 0 Å². The first-order valence-electron chi connectivity index (χ1n) is 5.69. The molecule has 0 saturated heterocycles. The number of benzene rings is 1. The van der Waals surface area contributed by atoms with Crippen molar-refractivity contribution in [1.29, 1.82) is 0 Å². The first kappa shape index (κ1) is 12.6. The lowest BCUT2D eigenvalue weighted by Crippen LogP contribution is -2.05. The smallest absolute Gasteiger partial charge is 0.0540 e. The first-order chi connectivity index (χ1) is 7.33. The van der Waals surface area contributed by atoms with Crippen molar-refractivity contribution in [2.24, 2.45) is 0 Å².